The quantitative estimate of drug-likeness (QED) is 0.477. The van der Waals surface area contributed by atoms with Gasteiger partial charge in [0, 0.05) is 25.2 Å². The number of anilines is 1. The molecule has 0 saturated heterocycles. The highest BCUT2D eigenvalue weighted by Gasteiger charge is 2.19. The van der Waals surface area contributed by atoms with Crippen LogP contribution in [0.3, 0.4) is 0 Å². The van der Waals surface area contributed by atoms with Gasteiger partial charge in [0.15, 0.2) is 0 Å². The fourth-order valence-electron chi connectivity index (χ4n) is 3.26. The predicted molar refractivity (Wildman–Crippen MR) is 118 cm³/mol. The van der Waals surface area contributed by atoms with E-state index in [2.05, 4.69) is 10.3 Å². The highest BCUT2D eigenvalue weighted by Crippen LogP contribution is 2.10. The summed E-state index contributed by atoms with van der Waals surface area (Å²) in [7, 11) is 0. The first-order valence-corrected chi connectivity index (χ1v) is 10.4. The van der Waals surface area contributed by atoms with Crippen molar-refractivity contribution >= 4 is 23.6 Å². The summed E-state index contributed by atoms with van der Waals surface area (Å²) in [5.74, 6) is -1.02. The number of rotatable bonds is 12. The lowest BCUT2D eigenvalue weighted by Gasteiger charge is -2.23. The zero-order valence-electron chi connectivity index (χ0n) is 17.8. The summed E-state index contributed by atoms with van der Waals surface area (Å²) in [5, 5.41) is 11.5. The Kier molecular flexibility index (Phi) is 9.48. The number of benzene rings is 1. The van der Waals surface area contributed by atoms with Crippen molar-refractivity contribution in [2.45, 2.75) is 45.1 Å². The van der Waals surface area contributed by atoms with Crippen LogP contribution in [0.15, 0.2) is 48.7 Å². The molecule has 1 aromatic carbocycles. The van der Waals surface area contributed by atoms with Crippen molar-refractivity contribution in [3.63, 3.8) is 0 Å². The lowest BCUT2D eigenvalue weighted by Crippen LogP contribution is -2.44. The number of nitrogens with one attached hydrogen (secondary N) is 1. The molecule has 31 heavy (non-hydrogen) atoms. The second kappa shape index (κ2) is 12.3. The maximum atomic E-state index is 12.8. The van der Waals surface area contributed by atoms with Gasteiger partial charge < -0.3 is 21.1 Å². The first-order valence-electron chi connectivity index (χ1n) is 10.4. The fraction of sp³-hybridized carbons (Fsp3) is 0.391. The summed E-state index contributed by atoms with van der Waals surface area (Å²) in [6, 6.07) is 12.9. The lowest BCUT2D eigenvalue weighted by atomic mass is 10.1. The molecule has 0 spiro atoms. The van der Waals surface area contributed by atoms with Crippen molar-refractivity contribution < 1.29 is 19.5 Å². The molecule has 0 bridgehead atoms. The number of hydrogen-bond acceptors (Lipinski definition) is 5. The minimum atomic E-state index is -0.985. The number of carboxylic acid groups (broad SMARTS) is 1. The maximum absolute atomic E-state index is 12.8. The third kappa shape index (κ3) is 9.29. The number of hydrogen-bond donors (Lipinski definition) is 3. The summed E-state index contributed by atoms with van der Waals surface area (Å²) >= 11 is 0. The minimum absolute atomic E-state index is 0.0994. The average molecular weight is 427 g/mol. The molecule has 0 saturated carbocycles. The third-order valence-corrected chi connectivity index (χ3v) is 4.79. The Balaban J connectivity index is 1.93. The van der Waals surface area contributed by atoms with Crippen LogP contribution in [0.1, 0.15) is 37.3 Å². The SMILES string of the molecule is C[C@H](CC(=O)O)NC(=O)CN(CCc1ccccc1)C(=O)CCCc1ccnc(N)c1. The number of carbonyl (C=O) groups excluding carboxylic acids is 2. The molecule has 0 aliphatic rings. The van der Waals surface area contributed by atoms with Crippen LogP contribution in [0.5, 0.6) is 0 Å². The molecule has 0 fully saturated rings. The number of pyridine rings is 1. The van der Waals surface area contributed by atoms with Crippen LogP contribution < -0.4 is 11.1 Å². The number of nitrogen functional groups attached to an aromatic ring is 1. The van der Waals surface area contributed by atoms with Gasteiger partial charge in [0.05, 0.1) is 13.0 Å². The minimum Gasteiger partial charge on any atom is -0.481 e. The molecule has 2 amide bonds. The van der Waals surface area contributed by atoms with E-state index in [1.165, 1.54) is 4.90 Å². The van der Waals surface area contributed by atoms with E-state index in [-0.39, 0.29) is 24.8 Å². The average Bonchev–Trinajstić information content (AvgIpc) is 2.71. The molecule has 4 N–H and O–H groups in total. The van der Waals surface area contributed by atoms with E-state index < -0.39 is 12.0 Å². The van der Waals surface area contributed by atoms with Crippen LogP contribution in [-0.4, -0.2) is 51.9 Å². The van der Waals surface area contributed by atoms with Crippen molar-refractivity contribution in [3.05, 3.63) is 59.8 Å². The highest BCUT2D eigenvalue weighted by molar-refractivity contribution is 5.85. The Morgan fingerprint density at radius 1 is 1.13 bits per heavy atom. The van der Waals surface area contributed by atoms with Crippen molar-refractivity contribution in [1.82, 2.24) is 15.2 Å². The number of aryl methyl sites for hydroxylation is 1. The van der Waals surface area contributed by atoms with Gasteiger partial charge >= 0.3 is 5.97 Å². The van der Waals surface area contributed by atoms with Gasteiger partial charge in [-0.05, 0) is 49.4 Å². The zero-order chi connectivity index (χ0) is 22.6. The van der Waals surface area contributed by atoms with Gasteiger partial charge in [0.25, 0.3) is 0 Å². The number of nitrogens with two attached hydrogens (primary N) is 1. The third-order valence-electron chi connectivity index (χ3n) is 4.79. The molecular weight excluding hydrogens is 396 g/mol. The molecule has 1 aromatic heterocycles. The van der Waals surface area contributed by atoms with Gasteiger partial charge in [-0.2, -0.15) is 0 Å². The number of carboxylic acids is 1. The molecule has 166 valence electrons. The van der Waals surface area contributed by atoms with E-state index in [9.17, 15) is 14.4 Å². The van der Waals surface area contributed by atoms with Crippen molar-refractivity contribution in [3.8, 4) is 0 Å². The van der Waals surface area contributed by atoms with E-state index in [1.807, 2.05) is 36.4 Å². The molecule has 0 aliphatic carbocycles. The first kappa shape index (κ1) is 23.9. The molecule has 1 heterocycles. The van der Waals surface area contributed by atoms with Crippen LogP contribution in [0.25, 0.3) is 0 Å². The van der Waals surface area contributed by atoms with Gasteiger partial charge in [-0.25, -0.2) is 4.98 Å². The van der Waals surface area contributed by atoms with Crippen molar-refractivity contribution in [1.29, 1.82) is 0 Å². The van der Waals surface area contributed by atoms with Crippen LogP contribution in [0.4, 0.5) is 5.82 Å². The van der Waals surface area contributed by atoms with Gasteiger partial charge in [-0.1, -0.05) is 30.3 Å². The Morgan fingerprint density at radius 3 is 2.55 bits per heavy atom. The smallest absolute Gasteiger partial charge is 0.305 e. The van der Waals surface area contributed by atoms with E-state index in [1.54, 1.807) is 19.2 Å². The van der Waals surface area contributed by atoms with E-state index in [0.717, 1.165) is 11.1 Å². The summed E-state index contributed by atoms with van der Waals surface area (Å²) in [4.78, 5) is 41.5. The Morgan fingerprint density at radius 2 is 1.87 bits per heavy atom. The summed E-state index contributed by atoms with van der Waals surface area (Å²) in [6.45, 7) is 1.94. The number of carbonyl (C=O) groups is 3. The van der Waals surface area contributed by atoms with Crippen LogP contribution in [0, 0.1) is 0 Å². The summed E-state index contributed by atoms with van der Waals surface area (Å²) in [6.07, 6.45) is 3.72. The van der Waals surface area contributed by atoms with E-state index in [0.29, 0.717) is 38.0 Å². The van der Waals surface area contributed by atoms with Crippen molar-refractivity contribution in [2.24, 2.45) is 0 Å². The van der Waals surface area contributed by atoms with Gasteiger partial charge in [-0.15, -0.1) is 0 Å². The van der Waals surface area contributed by atoms with Crippen LogP contribution >= 0.6 is 0 Å². The second-order valence-corrected chi connectivity index (χ2v) is 7.56. The van der Waals surface area contributed by atoms with E-state index >= 15 is 0 Å². The number of aromatic nitrogens is 1. The highest BCUT2D eigenvalue weighted by atomic mass is 16.4. The lowest BCUT2D eigenvalue weighted by molar-refractivity contribution is -0.139. The topological polar surface area (TPSA) is 126 Å². The van der Waals surface area contributed by atoms with Gasteiger partial charge in [-0.3, -0.25) is 14.4 Å². The number of aliphatic carboxylic acids is 1. The van der Waals surface area contributed by atoms with Crippen LogP contribution in [-0.2, 0) is 27.2 Å². The number of amides is 2. The molecule has 0 aliphatic heterocycles. The molecule has 8 nitrogen and oxygen atoms in total. The largest absolute Gasteiger partial charge is 0.481 e. The Hall–Kier alpha value is -3.42. The normalized spacial score (nSPS) is 11.5. The summed E-state index contributed by atoms with van der Waals surface area (Å²) in [5.41, 5.74) is 7.78. The molecule has 0 unspecified atom stereocenters. The maximum Gasteiger partial charge on any atom is 0.305 e. The first-order chi connectivity index (χ1) is 14.8. The van der Waals surface area contributed by atoms with Crippen LogP contribution in [0.2, 0.25) is 0 Å². The monoisotopic (exact) mass is 426 g/mol. The van der Waals surface area contributed by atoms with Gasteiger partial charge in [0.1, 0.15) is 5.82 Å². The summed E-state index contributed by atoms with van der Waals surface area (Å²) < 4.78 is 0. The zero-order valence-corrected chi connectivity index (χ0v) is 17.8. The molecule has 2 rings (SSSR count). The van der Waals surface area contributed by atoms with Gasteiger partial charge in [0.2, 0.25) is 11.8 Å². The van der Waals surface area contributed by atoms with Crippen molar-refractivity contribution in [2.75, 3.05) is 18.8 Å². The second-order valence-electron chi connectivity index (χ2n) is 7.56. The Labute approximate surface area is 182 Å². The number of nitrogens with zero attached hydrogens (tertiary/aromatic N) is 2. The standard InChI is InChI=1S/C23H30N4O4/c1-17(14-23(30)31)26-21(28)16-27(13-11-18-6-3-2-4-7-18)22(29)9-5-8-19-10-12-25-20(24)15-19/h2-4,6-7,10,12,15,17H,5,8-9,11,13-14,16H2,1H3,(H2,24,25)(H,26,28)(H,30,31)/t17-/m1/s1. The Bertz CT molecular complexity index is 873. The molecule has 2 aromatic rings. The fourth-order valence-corrected chi connectivity index (χ4v) is 3.26. The molecular formula is C23H30N4O4. The molecule has 8 heteroatoms. The molecule has 0 radical (unpaired) electrons. The molecule has 1 atom stereocenters. The predicted octanol–water partition coefficient (Wildman–Crippen LogP) is 2.04. The van der Waals surface area contributed by atoms with E-state index in [4.69, 9.17) is 10.8 Å².